The second kappa shape index (κ2) is 6.34. The van der Waals surface area contributed by atoms with Crippen molar-refractivity contribution in [3.8, 4) is 11.5 Å². The molecule has 7 heteroatoms. The Labute approximate surface area is 122 Å². The second-order valence-electron chi connectivity index (χ2n) is 4.42. The Balaban J connectivity index is 2.19. The Hall–Kier alpha value is -2.44. The predicted molar refractivity (Wildman–Crippen MR) is 75.2 cm³/mol. The van der Waals surface area contributed by atoms with Crippen LogP contribution in [0.15, 0.2) is 12.1 Å². The molecule has 0 aliphatic carbocycles. The van der Waals surface area contributed by atoms with E-state index in [1.807, 2.05) is 0 Å². The maximum Gasteiger partial charge on any atom is 0.325 e. The normalized spacial score (nSPS) is 12.1. The molecule has 0 fully saturated rings. The summed E-state index contributed by atoms with van der Waals surface area (Å²) in [6, 6.07) is 3.08. The molecule has 1 amide bonds. The van der Waals surface area contributed by atoms with E-state index >= 15 is 0 Å². The number of fused-ring (bicyclic) bond motifs is 1. The summed E-state index contributed by atoms with van der Waals surface area (Å²) in [7, 11) is 0. The first kappa shape index (κ1) is 15.0. The molecule has 1 aliphatic rings. The molecule has 2 N–H and O–H groups in total. The lowest BCUT2D eigenvalue weighted by Crippen LogP contribution is -2.36. The Morgan fingerprint density at radius 3 is 2.57 bits per heavy atom. The van der Waals surface area contributed by atoms with Gasteiger partial charge in [0, 0.05) is 18.3 Å². The Morgan fingerprint density at radius 2 is 1.95 bits per heavy atom. The van der Waals surface area contributed by atoms with Crippen molar-refractivity contribution < 1.29 is 23.8 Å². The van der Waals surface area contributed by atoms with Gasteiger partial charge in [-0.3, -0.25) is 9.59 Å². The van der Waals surface area contributed by atoms with Crippen molar-refractivity contribution in [1.29, 1.82) is 0 Å². The average Bonchev–Trinajstić information content (AvgIpc) is 2.90. The van der Waals surface area contributed by atoms with Gasteiger partial charge >= 0.3 is 5.97 Å². The predicted octanol–water partition coefficient (Wildman–Crippen LogP) is 1.02. The van der Waals surface area contributed by atoms with Gasteiger partial charge in [0.1, 0.15) is 6.54 Å². The standard InChI is InChI=1S/C14H18N2O5/c1-3-16(7-13(17)19-4-2)14(18)9-5-11-12(6-10(9)15)21-8-20-11/h5-6H,3-4,7-8,15H2,1-2H3. The number of hydrogen-bond donors (Lipinski definition) is 1. The maximum absolute atomic E-state index is 12.5. The number of nitrogens with zero attached hydrogens (tertiary/aromatic N) is 1. The first-order valence-electron chi connectivity index (χ1n) is 6.70. The number of benzene rings is 1. The summed E-state index contributed by atoms with van der Waals surface area (Å²) in [5.74, 6) is 0.186. The Morgan fingerprint density at radius 1 is 1.29 bits per heavy atom. The van der Waals surface area contributed by atoms with E-state index in [4.69, 9.17) is 19.9 Å². The van der Waals surface area contributed by atoms with Crippen LogP contribution >= 0.6 is 0 Å². The largest absolute Gasteiger partial charge is 0.465 e. The van der Waals surface area contributed by atoms with Crippen LogP contribution in [0.2, 0.25) is 0 Å². The number of nitrogen functional groups attached to an aromatic ring is 1. The molecule has 1 aromatic rings. The van der Waals surface area contributed by atoms with Gasteiger partial charge in [0.15, 0.2) is 11.5 Å². The zero-order chi connectivity index (χ0) is 15.4. The van der Waals surface area contributed by atoms with Crippen LogP contribution in [0.3, 0.4) is 0 Å². The van der Waals surface area contributed by atoms with Crippen molar-refractivity contribution in [3.63, 3.8) is 0 Å². The van der Waals surface area contributed by atoms with Crippen LogP contribution in [-0.2, 0) is 9.53 Å². The highest BCUT2D eigenvalue weighted by Crippen LogP contribution is 2.36. The fourth-order valence-corrected chi connectivity index (χ4v) is 2.00. The highest BCUT2D eigenvalue weighted by molar-refractivity contribution is 6.01. The molecule has 0 saturated heterocycles. The number of nitrogens with two attached hydrogens (primary N) is 1. The van der Waals surface area contributed by atoms with Gasteiger partial charge in [0.2, 0.25) is 6.79 Å². The minimum Gasteiger partial charge on any atom is -0.465 e. The van der Waals surface area contributed by atoms with Gasteiger partial charge in [-0.1, -0.05) is 0 Å². The third kappa shape index (κ3) is 3.18. The van der Waals surface area contributed by atoms with E-state index in [1.165, 1.54) is 11.0 Å². The minimum absolute atomic E-state index is 0.104. The van der Waals surface area contributed by atoms with Gasteiger partial charge in [0.05, 0.1) is 12.2 Å². The molecule has 0 spiro atoms. The van der Waals surface area contributed by atoms with Crippen molar-refractivity contribution >= 4 is 17.6 Å². The number of amides is 1. The molecule has 114 valence electrons. The molecular formula is C14H18N2O5. The van der Waals surface area contributed by atoms with Gasteiger partial charge in [-0.25, -0.2) is 0 Å². The topological polar surface area (TPSA) is 91.1 Å². The SMILES string of the molecule is CCOC(=O)CN(CC)C(=O)c1cc2c(cc1N)OCO2. The molecule has 2 rings (SSSR count). The summed E-state index contributed by atoms with van der Waals surface area (Å²) < 4.78 is 15.3. The van der Waals surface area contributed by atoms with Gasteiger partial charge in [0.25, 0.3) is 5.91 Å². The van der Waals surface area contributed by atoms with Gasteiger partial charge in [-0.05, 0) is 19.9 Å². The van der Waals surface area contributed by atoms with Gasteiger partial charge < -0.3 is 24.8 Å². The van der Waals surface area contributed by atoms with Crippen LogP contribution < -0.4 is 15.2 Å². The van der Waals surface area contributed by atoms with Crippen LogP contribution in [0.25, 0.3) is 0 Å². The fraction of sp³-hybridized carbons (Fsp3) is 0.429. The highest BCUT2D eigenvalue weighted by atomic mass is 16.7. The van der Waals surface area contributed by atoms with E-state index in [0.29, 0.717) is 18.0 Å². The van der Waals surface area contributed by atoms with E-state index in [0.717, 1.165) is 0 Å². The number of esters is 1. The highest BCUT2D eigenvalue weighted by Gasteiger charge is 2.24. The lowest BCUT2D eigenvalue weighted by molar-refractivity contribution is -0.143. The van der Waals surface area contributed by atoms with Crippen molar-refractivity contribution in [2.75, 3.05) is 32.2 Å². The van der Waals surface area contributed by atoms with Crippen LogP contribution in [-0.4, -0.2) is 43.3 Å². The second-order valence-corrected chi connectivity index (χ2v) is 4.42. The zero-order valence-corrected chi connectivity index (χ0v) is 12.0. The molecule has 1 aliphatic heterocycles. The third-order valence-electron chi connectivity index (χ3n) is 3.07. The quantitative estimate of drug-likeness (QED) is 0.644. The Bertz CT molecular complexity index is 559. The zero-order valence-electron chi connectivity index (χ0n) is 12.0. The lowest BCUT2D eigenvalue weighted by atomic mass is 10.1. The van der Waals surface area contributed by atoms with Gasteiger partial charge in [-0.2, -0.15) is 0 Å². The van der Waals surface area contributed by atoms with Crippen molar-refractivity contribution in [2.24, 2.45) is 0 Å². The molecule has 0 atom stereocenters. The van der Waals surface area contributed by atoms with E-state index in [1.54, 1.807) is 19.9 Å². The summed E-state index contributed by atoms with van der Waals surface area (Å²) in [4.78, 5) is 25.4. The first-order chi connectivity index (χ1) is 10.1. The number of carbonyl (C=O) groups excluding carboxylic acids is 2. The van der Waals surface area contributed by atoms with E-state index in [-0.39, 0.29) is 37.1 Å². The average molecular weight is 294 g/mol. The number of ether oxygens (including phenoxy) is 3. The van der Waals surface area contributed by atoms with Crippen LogP contribution in [0.4, 0.5) is 5.69 Å². The first-order valence-corrected chi connectivity index (χ1v) is 6.70. The van der Waals surface area contributed by atoms with E-state index in [9.17, 15) is 9.59 Å². The molecule has 0 radical (unpaired) electrons. The number of anilines is 1. The lowest BCUT2D eigenvalue weighted by Gasteiger charge is -2.20. The molecule has 21 heavy (non-hydrogen) atoms. The molecular weight excluding hydrogens is 276 g/mol. The summed E-state index contributed by atoms with van der Waals surface area (Å²) in [6.45, 7) is 4.12. The van der Waals surface area contributed by atoms with E-state index in [2.05, 4.69) is 0 Å². The minimum atomic E-state index is -0.452. The molecule has 0 unspecified atom stereocenters. The van der Waals surface area contributed by atoms with E-state index < -0.39 is 5.97 Å². The monoisotopic (exact) mass is 294 g/mol. The molecule has 0 aromatic heterocycles. The third-order valence-corrected chi connectivity index (χ3v) is 3.07. The molecule has 1 heterocycles. The summed E-state index contributed by atoms with van der Waals surface area (Å²) in [5.41, 5.74) is 6.44. The number of likely N-dealkylation sites (N-methyl/N-ethyl adjacent to an activating group) is 1. The smallest absolute Gasteiger partial charge is 0.325 e. The Kier molecular flexibility index (Phi) is 4.52. The van der Waals surface area contributed by atoms with Crippen LogP contribution in [0, 0.1) is 0 Å². The van der Waals surface area contributed by atoms with Crippen molar-refractivity contribution in [3.05, 3.63) is 17.7 Å². The van der Waals surface area contributed by atoms with Crippen LogP contribution in [0.1, 0.15) is 24.2 Å². The summed E-state index contributed by atoms with van der Waals surface area (Å²) >= 11 is 0. The van der Waals surface area contributed by atoms with Crippen molar-refractivity contribution in [2.45, 2.75) is 13.8 Å². The van der Waals surface area contributed by atoms with Crippen LogP contribution in [0.5, 0.6) is 11.5 Å². The molecule has 1 aromatic carbocycles. The maximum atomic E-state index is 12.5. The van der Waals surface area contributed by atoms with Gasteiger partial charge in [-0.15, -0.1) is 0 Å². The van der Waals surface area contributed by atoms with Crippen molar-refractivity contribution in [1.82, 2.24) is 4.90 Å². The number of carbonyl (C=O) groups is 2. The fourth-order valence-electron chi connectivity index (χ4n) is 2.00. The number of hydrogen-bond acceptors (Lipinski definition) is 6. The molecule has 0 saturated carbocycles. The molecule has 7 nitrogen and oxygen atoms in total. The summed E-state index contributed by atoms with van der Waals surface area (Å²) in [6.07, 6.45) is 0. The summed E-state index contributed by atoms with van der Waals surface area (Å²) in [5, 5.41) is 0. The number of rotatable bonds is 5. The molecule has 0 bridgehead atoms.